The normalized spacial score (nSPS) is 27.4. The Kier molecular flexibility index (Phi) is 4.32. The number of nitrogens with zero attached hydrogens (tertiary/aromatic N) is 1. The summed E-state index contributed by atoms with van der Waals surface area (Å²) < 4.78 is 5.79. The third-order valence-corrected chi connectivity index (χ3v) is 5.38. The van der Waals surface area contributed by atoms with Crippen molar-refractivity contribution in [2.24, 2.45) is 0 Å². The van der Waals surface area contributed by atoms with Crippen molar-refractivity contribution in [3.8, 4) is 0 Å². The Morgan fingerprint density at radius 1 is 1.20 bits per heavy atom. The molecule has 1 fully saturated rings. The molecular formula is C21H24N2O2. The van der Waals surface area contributed by atoms with Crippen LogP contribution in [0.4, 0.5) is 0 Å². The van der Waals surface area contributed by atoms with Gasteiger partial charge in [0.15, 0.2) is 0 Å². The van der Waals surface area contributed by atoms with Crippen LogP contribution in [-0.4, -0.2) is 31.0 Å². The molecule has 2 aliphatic rings. The molecule has 130 valence electrons. The number of carbonyl (C=O) groups excluding carboxylic acids is 1. The molecule has 0 spiro atoms. The number of fused-ring (bicyclic) bond motifs is 1. The first-order valence-corrected chi connectivity index (χ1v) is 8.98. The molecule has 1 aliphatic carbocycles. The van der Waals surface area contributed by atoms with Gasteiger partial charge in [0.05, 0.1) is 6.54 Å². The number of aryl methyl sites for hydroxylation is 1. The summed E-state index contributed by atoms with van der Waals surface area (Å²) in [7, 11) is 2.06. The monoisotopic (exact) mass is 336 g/mol. The van der Waals surface area contributed by atoms with Gasteiger partial charge in [-0.05, 0) is 43.0 Å². The zero-order valence-electron chi connectivity index (χ0n) is 14.6. The van der Waals surface area contributed by atoms with Gasteiger partial charge in [0.25, 0.3) is 0 Å². The average Bonchev–Trinajstić information content (AvgIpc) is 3.32. The molecule has 0 bridgehead atoms. The molecule has 4 nitrogen and oxygen atoms in total. The molecule has 1 saturated heterocycles. The van der Waals surface area contributed by atoms with E-state index in [2.05, 4.69) is 47.6 Å². The zero-order valence-corrected chi connectivity index (χ0v) is 14.6. The van der Waals surface area contributed by atoms with E-state index in [1.54, 1.807) is 0 Å². The van der Waals surface area contributed by atoms with Crippen LogP contribution < -0.4 is 5.32 Å². The van der Waals surface area contributed by atoms with E-state index >= 15 is 0 Å². The van der Waals surface area contributed by atoms with E-state index in [4.69, 9.17) is 4.74 Å². The SMILES string of the molecule is CN1CC1(NCC(=O)OC1CCCc2ccccc21)c1ccccc1. The van der Waals surface area contributed by atoms with Gasteiger partial charge in [0.1, 0.15) is 11.8 Å². The van der Waals surface area contributed by atoms with Crippen LogP contribution in [0.15, 0.2) is 54.6 Å². The molecule has 25 heavy (non-hydrogen) atoms. The van der Waals surface area contributed by atoms with Crippen molar-refractivity contribution in [1.82, 2.24) is 10.2 Å². The standard InChI is InChI=1S/C21H24N2O2/c1-23-15-21(23,17-10-3-2-4-11-17)22-14-20(24)25-19-13-7-9-16-8-5-6-12-18(16)19/h2-6,8,10-12,19,22H,7,9,13-15H2,1H3. The Balaban J connectivity index is 1.39. The number of rotatable bonds is 5. The van der Waals surface area contributed by atoms with Gasteiger partial charge in [-0.25, -0.2) is 0 Å². The number of likely N-dealkylation sites (N-methyl/N-ethyl adjacent to an activating group) is 1. The summed E-state index contributed by atoms with van der Waals surface area (Å²) in [5, 5.41) is 3.40. The summed E-state index contributed by atoms with van der Waals surface area (Å²) in [5.41, 5.74) is 3.43. The molecule has 1 aliphatic heterocycles. The second kappa shape index (κ2) is 6.62. The van der Waals surface area contributed by atoms with E-state index in [-0.39, 0.29) is 24.3 Å². The smallest absolute Gasteiger partial charge is 0.320 e. The molecule has 0 aromatic heterocycles. The van der Waals surface area contributed by atoms with Gasteiger partial charge in [-0.2, -0.15) is 0 Å². The summed E-state index contributed by atoms with van der Waals surface area (Å²) in [6, 6.07) is 18.6. The topological polar surface area (TPSA) is 41.3 Å². The fourth-order valence-electron chi connectivity index (χ4n) is 3.88. The lowest BCUT2D eigenvalue weighted by Gasteiger charge is -2.26. The fraction of sp³-hybridized carbons (Fsp3) is 0.381. The highest BCUT2D eigenvalue weighted by Crippen LogP contribution is 2.38. The first-order chi connectivity index (χ1) is 12.2. The number of carbonyl (C=O) groups is 1. The lowest BCUT2D eigenvalue weighted by molar-refractivity contribution is -0.149. The molecule has 1 heterocycles. The Morgan fingerprint density at radius 3 is 2.68 bits per heavy atom. The second-order valence-electron chi connectivity index (χ2n) is 7.01. The number of ether oxygens (including phenoxy) is 1. The van der Waals surface area contributed by atoms with Crippen LogP contribution in [0.5, 0.6) is 0 Å². The van der Waals surface area contributed by atoms with E-state index < -0.39 is 0 Å². The number of hydrogen-bond acceptors (Lipinski definition) is 4. The zero-order chi connectivity index (χ0) is 17.3. The van der Waals surface area contributed by atoms with E-state index in [0.29, 0.717) is 0 Å². The van der Waals surface area contributed by atoms with Gasteiger partial charge in [0, 0.05) is 6.54 Å². The Hall–Kier alpha value is -2.17. The van der Waals surface area contributed by atoms with Gasteiger partial charge in [0.2, 0.25) is 0 Å². The van der Waals surface area contributed by atoms with Crippen molar-refractivity contribution in [3.05, 3.63) is 71.3 Å². The molecule has 0 saturated carbocycles. The van der Waals surface area contributed by atoms with Crippen LogP contribution in [0.25, 0.3) is 0 Å². The van der Waals surface area contributed by atoms with Gasteiger partial charge < -0.3 is 4.74 Å². The van der Waals surface area contributed by atoms with Crippen LogP contribution in [-0.2, 0) is 21.6 Å². The summed E-state index contributed by atoms with van der Waals surface area (Å²) in [4.78, 5) is 14.6. The molecule has 3 atom stereocenters. The van der Waals surface area contributed by atoms with E-state index in [1.165, 1.54) is 16.7 Å². The maximum Gasteiger partial charge on any atom is 0.320 e. The van der Waals surface area contributed by atoms with Crippen LogP contribution in [0.3, 0.4) is 0 Å². The van der Waals surface area contributed by atoms with Crippen molar-refractivity contribution < 1.29 is 9.53 Å². The highest BCUT2D eigenvalue weighted by atomic mass is 16.5. The number of esters is 1. The van der Waals surface area contributed by atoms with Crippen molar-refractivity contribution in [2.75, 3.05) is 20.1 Å². The fourth-order valence-corrected chi connectivity index (χ4v) is 3.88. The molecular weight excluding hydrogens is 312 g/mol. The summed E-state index contributed by atoms with van der Waals surface area (Å²) in [6.07, 6.45) is 2.94. The third kappa shape index (κ3) is 3.20. The van der Waals surface area contributed by atoms with E-state index in [0.717, 1.165) is 25.8 Å². The van der Waals surface area contributed by atoms with Crippen molar-refractivity contribution in [1.29, 1.82) is 0 Å². The second-order valence-corrected chi connectivity index (χ2v) is 7.01. The first kappa shape index (κ1) is 16.3. The van der Waals surface area contributed by atoms with Gasteiger partial charge in [-0.15, -0.1) is 0 Å². The minimum absolute atomic E-state index is 0.108. The maximum absolute atomic E-state index is 12.4. The summed E-state index contributed by atoms with van der Waals surface area (Å²) in [6.45, 7) is 1.12. The molecule has 2 aromatic carbocycles. The van der Waals surface area contributed by atoms with Crippen LogP contribution in [0, 0.1) is 0 Å². The Morgan fingerprint density at radius 2 is 1.92 bits per heavy atom. The predicted octanol–water partition coefficient (Wildman–Crippen LogP) is 3.00. The lowest BCUT2D eigenvalue weighted by atomic mass is 9.89. The minimum Gasteiger partial charge on any atom is -0.457 e. The molecule has 1 N–H and O–H groups in total. The van der Waals surface area contributed by atoms with Gasteiger partial charge in [-0.1, -0.05) is 54.6 Å². The number of hydrogen-bond donors (Lipinski definition) is 1. The van der Waals surface area contributed by atoms with Crippen molar-refractivity contribution >= 4 is 5.97 Å². The maximum atomic E-state index is 12.4. The quantitative estimate of drug-likeness (QED) is 0.673. The van der Waals surface area contributed by atoms with Gasteiger partial charge >= 0.3 is 5.97 Å². The largest absolute Gasteiger partial charge is 0.457 e. The molecule has 0 radical (unpaired) electrons. The molecule has 2 aromatic rings. The lowest BCUT2D eigenvalue weighted by Crippen LogP contribution is -2.38. The first-order valence-electron chi connectivity index (χ1n) is 8.98. The minimum atomic E-state index is -0.231. The number of benzene rings is 2. The summed E-state index contributed by atoms with van der Waals surface area (Å²) in [5.74, 6) is -0.183. The highest BCUT2D eigenvalue weighted by molar-refractivity contribution is 5.72. The van der Waals surface area contributed by atoms with Crippen LogP contribution in [0.1, 0.15) is 35.6 Å². The van der Waals surface area contributed by atoms with E-state index in [9.17, 15) is 4.79 Å². The third-order valence-electron chi connectivity index (χ3n) is 5.38. The Bertz CT molecular complexity index is 762. The number of nitrogens with one attached hydrogen (secondary N) is 1. The van der Waals surface area contributed by atoms with Crippen LogP contribution in [0.2, 0.25) is 0 Å². The Labute approximate surface area is 148 Å². The van der Waals surface area contributed by atoms with Crippen molar-refractivity contribution in [2.45, 2.75) is 31.0 Å². The average molecular weight is 336 g/mol. The van der Waals surface area contributed by atoms with Crippen molar-refractivity contribution in [3.63, 3.8) is 0 Å². The predicted molar refractivity (Wildman–Crippen MR) is 97.0 cm³/mol. The molecule has 4 rings (SSSR count). The molecule has 0 amide bonds. The molecule has 3 unspecified atom stereocenters. The van der Waals surface area contributed by atoms with Crippen LogP contribution >= 0.6 is 0 Å². The summed E-state index contributed by atoms with van der Waals surface area (Å²) >= 11 is 0. The highest BCUT2D eigenvalue weighted by Gasteiger charge is 2.50. The van der Waals surface area contributed by atoms with Gasteiger partial charge in [-0.3, -0.25) is 15.0 Å². The molecule has 4 heteroatoms. The van der Waals surface area contributed by atoms with E-state index in [1.807, 2.05) is 24.3 Å².